The molecule has 1 aromatic carbocycles. The molecule has 0 unspecified atom stereocenters. The van der Waals surface area contributed by atoms with Crippen LogP contribution in [0.3, 0.4) is 0 Å². The molecule has 0 fully saturated rings. The third kappa shape index (κ3) is 7.16. The second kappa shape index (κ2) is 11.8. The number of amides is 2. The van der Waals surface area contributed by atoms with Crippen LogP contribution < -0.4 is 15.4 Å². The fraction of sp³-hybridized carbons (Fsp3) is 0.310. The average Bonchev–Trinajstić information content (AvgIpc) is 3.06. The highest BCUT2D eigenvalue weighted by Gasteiger charge is 2.36. The Balaban J connectivity index is 1.55. The van der Waals surface area contributed by atoms with E-state index in [1.54, 1.807) is 36.5 Å². The number of alkyl halides is 3. The predicted molar refractivity (Wildman–Crippen MR) is 142 cm³/mol. The summed E-state index contributed by atoms with van der Waals surface area (Å²) in [4.78, 5) is 30.4. The summed E-state index contributed by atoms with van der Waals surface area (Å²) in [5.74, 6) is -1.05. The van der Waals surface area contributed by atoms with Gasteiger partial charge in [0.15, 0.2) is 12.4 Å². The number of aryl methyl sites for hydroxylation is 2. The molecule has 1 aliphatic heterocycles. The summed E-state index contributed by atoms with van der Waals surface area (Å²) in [6.45, 7) is 2.58. The number of halogens is 3. The predicted octanol–water partition coefficient (Wildman–Crippen LogP) is 4.54. The molecule has 2 aliphatic rings. The first-order valence-electron chi connectivity index (χ1n) is 12.6. The van der Waals surface area contributed by atoms with E-state index in [1.165, 1.54) is 12.1 Å². The summed E-state index contributed by atoms with van der Waals surface area (Å²) >= 11 is 0. The van der Waals surface area contributed by atoms with Crippen LogP contribution in [0.4, 0.5) is 13.2 Å². The summed E-state index contributed by atoms with van der Waals surface area (Å²) in [5.41, 5.74) is 1.58. The Bertz CT molecular complexity index is 1400. The Morgan fingerprint density at radius 1 is 1.25 bits per heavy atom. The lowest BCUT2D eigenvalue weighted by atomic mass is 9.94. The van der Waals surface area contributed by atoms with E-state index in [4.69, 9.17) is 14.9 Å². The number of allylic oxidation sites excluding steroid dienone is 3. The number of carbonyl (C=O) groups excluding carboxylic acids is 2. The van der Waals surface area contributed by atoms with Crippen molar-refractivity contribution < 1.29 is 32.2 Å². The summed E-state index contributed by atoms with van der Waals surface area (Å²) in [6, 6.07) is 8.01. The minimum absolute atomic E-state index is 0.0463. The monoisotopic (exact) mass is 554 g/mol. The van der Waals surface area contributed by atoms with Gasteiger partial charge in [-0.05, 0) is 74.1 Å². The van der Waals surface area contributed by atoms with Crippen LogP contribution in [0, 0.1) is 12.3 Å². The molecular formula is C29H29F3N4O4. The number of ether oxygens (including phenoxy) is 2. The fourth-order valence-corrected chi connectivity index (χ4v) is 4.44. The van der Waals surface area contributed by atoms with Crippen LogP contribution in [0.5, 0.6) is 5.75 Å². The van der Waals surface area contributed by atoms with E-state index in [2.05, 4.69) is 15.6 Å². The van der Waals surface area contributed by atoms with Crippen molar-refractivity contribution in [2.75, 3.05) is 13.2 Å². The van der Waals surface area contributed by atoms with Gasteiger partial charge >= 0.3 is 6.18 Å². The SMILES string of the molecule is Cc1ccc(C(=N)/C(=C/C(=O)N[C@]2(C)CCc3cc(OCC(F)(F)F)ccc32)NC(=O)C2=CC=CCCO2)nc1. The standard InChI is InChI=1S/C29H29F3N4O4/c1-18-7-10-22(34-16-18)26(33)23(35-27(38)24-6-4-3-5-13-39-24)15-25(37)36-28(2)12-11-19-14-20(8-9-21(19)28)40-17-29(30,31)32/h3-4,6-10,14-16,33H,5,11-13,17H2,1-2H3,(H,35,38)(H,36,37)/b23-15-,33-26?/t28-/m1/s1. The number of hydrogen-bond donors (Lipinski definition) is 3. The number of nitrogens with one attached hydrogen (secondary N) is 3. The number of benzene rings is 1. The molecule has 2 heterocycles. The zero-order chi connectivity index (χ0) is 28.9. The molecule has 8 nitrogen and oxygen atoms in total. The van der Waals surface area contributed by atoms with Crippen LogP contribution in [0.15, 0.2) is 72.3 Å². The van der Waals surface area contributed by atoms with Gasteiger partial charge < -0.3 is 20.1 Å². The molecule has 3 N–H and O–H groups in total. The highest BCUT2D eigenvalue weighted by atomic mass is 19.4. The summed E-state index contributed by atoms with van der Waals surface area (Å²) < 4.78 is 47.9. The van der Waals surface area contributed by atoms with Gasteiger partial charge in [-0.3, -0.25) is 20.0 Å². The Morgan fingerprint density at radius 2 is 2.05 bits per heavy atom. The van der Waals surface area contributed by atoms with Crippen LogP contribution in [0.2, 0.25) is 0 Å². The van der Waals surface area contributed by atoms with Gasteiger partial charge in [0.2, 0.25) is 5.91 Å². The topological polar surface area (TPSA) is 113 Å². The Morgan fingerprint density at radius 3 is 2.77 bits per heavy atom. The lowest BCUT2D eigenvalue weighted by molar-refractivity contribution is -0.153. The first kappa shape index (κ1) is 28.6. The van der Waals surface area contributed by atoms with Crippen LogP contribution in [0.25, 0.3) is 0 Å². The normalized spacial score (nSPS) is 18.6. The summed E-state index contributed by atoms with van der Waals surface area (Å²) in [5, 5.41) is 14.2. The first-order chi connectivity index (χ1) is 18.9. The highest BCUT2D eigenvalue weighted by Crippen LogP contribution is 2.38. The van der Waals surface area contributed by atoms with Crippen LogP contribution >= 0.6 is 0 Å². The van der Waals surface area contributed by atoms with Crippen molar-refractivity contribution in [3.63, 3.8) is 0 Å². The number of aromatic nitrogens is 1. The quantitative estimate of drug-likeness (QED) is 0.328. The molecule has 0 bridgehead atoms. The third-order valence-corrected chi connectivity index (χ3v) is 6.48. The smallest absolute Gasteiger partial charge is 0.422 e. The average molecular weight is 555 g/mol. The van der Waals surface area contributed by atoms with Crippen molar-refractivity contribution in [3.05, 3.63) is 94.7 Å². The second-order valence-electron chi connectivity index (χ2n) is 9.75. The molecular weight excluding hydrogens is 525 g/mol. The van der Waals surface area contributed by atoms with Crippen molar-refractivity contribution in [1.29, 1.82) is 5.41 Å². The van der Waals surface area contributed by atoms with Crippen molar-refractivity contribution in [1.82, 2.24) is 15.6 Å². The van der Waals surface area contributed by atoms with E-state index >= 15 is 0 Å². The maximum absolute atomic E-state index is 13.2. The Kier molecular flexibility index (Phi) is 8.41. The molecule has 0 spiro atoms. The Labute approximate surface area is 229 Å². The van der Waals surface area contributed by atoms with Gasteiger partial charge in [0, 0.05) is 12.3 Å². The van der Waals surface area contributed by atoms with Gasteiger partial charge in [0.1, 0.15) is 11.5 Å². The summed E-state index contributed by atoms with van der Waals surface area (Å²) in [6.07, 6.45) is 4.97. The van der Waals surface area contributed by atoms with Gasteiger partial charge in [-0.15, -0.1) is 0 Å². The molecule has 2 amide bonds. The minimum atomic E-state index is -4.45. The van der Waals surface area contributed by atoms with E-state index in [1.807, 2.05) is 19.9 Å². The molecule has 0 saturated carbocycles. The zero-order valence-electron chi connectivity index (χ0n) is 22.0. The fourth-order valence-electron chi connectivity index (χ4n) is 4.44. The van der Waals surface area contributed by atoms with Crippen molar-refractivity contribution >= 4 is 17.5 Å². The Hall–Kier alpha value is -4.41. The molecule has 2 aromatic rings. The first-order valence-corrected chi connectivity index (χ1v) is 12.6. The molecule has 1 aliphatic carbocycles. The van der Waals surface area contributed by atoms with E-state index in [0.717, 1.165) is 22.8 Å². The molecule has 210 valence electrons. The number of hydrogen-bond acceptors (Lipinski definition) is 6. The molecule has 40 heavy (non-hydrogen) atoms. The van der Waals surface area contributed by atoms with Crippen LogP contribution in [-0.2, 0) is 26.3 Å². The molecule has 1 atom stereocenters. The molecule has 11 heteroatoms. The zero-order valence-corrected chi connectivity index (χ0v) is 22.0. The van der Waals surface area contributed by atoms with Gasteiger partial charge in [-0.25, -0.2) is 0 Å². The second-order valence-corrected chi connectivity index (χ2v) is 9.75. The van der Waals surface area contributed by atoms with Gasteiger partial charge in [-0.2, -0.15) is 13.2 Å². The maximum Gasteiger partial charge on any atom is 0.422 e. The number of rotatable bonds is 8. The van der Waals surface area contributed by atoms with E-state index in [-0.39, 0.29) is 28.6 Å². The minimum Gasteiger partial charge on any atom is -0.488 e. The van der Waals surface area contributed by atoms with Gasteiger partial charge in [0.05, 0.1) is 23.5 Å². The van der Waals surface area contributed by atoms with E-state index < -0.39 is 30.1 Å². The largest absolute Gasteiger partial charge is 0.488 e. The van der Waals surface area contributed by atoms with Gasteiger partial charge in [-0.1, -0.05) is 24.3 Å². The van der Waals surface area contributed by atoms with Crippen LogP contribution in [0.1, 0.15) is 42.1 Å². The molecule has 0 saturated heterocycles. The van der Waals surface area contributed by atoms with Crippen molar-refractivity contribution in [3.8, 4) is 5.75 Å². The van der Waals surface area contributed by atoms with E-state index in [0.29, 0.717) is 25.9 Å². The third-order valence-electron chi connectivity index (χ3n) is 6.48. The molecule has 0 radical (unpaired) electrons. The van der Waals surface area contributed by atoms with Crippen molar-refractivity contribution in [2.45, 2.75) is 44.8 Å². The lowest BCUT2D eigenvalue weighted by Crippen LogP contribution is -2.42. The number of carbonyl (C=O) groups is 2. The van der Waals surface area contributed by atoms with Crippen LogP contribution in [-0.4, -0.2) is 41.9 Å². The molecule has 4 rings (SSSR count). The van der Waals surface area contributed by atoms with Crippen molar-refractivity contribution in [2.24, 2.45) is 0 Å². The molecule has 1 aromatic heterocycles. The van der Waals surface area contributed by atoms with E-state index in [9.17, 15) is 22.8 Å². The maximum atomic E-state index is 13.2. The number of nitrogens with zero attached hydrogens (tertiary/aromatic N) is 1. The number of pyridine rings is 1. The van der Waals surface area contributed by atoms with Gasteiger partial charge in [0.25, 0.3) is 5.91 Å². The lowest BCUT2D eigenvalue weighted by Gasteiger charge is -2.27. The highest BCUT2D eigenvalue weighted by molar-refractivity contribution is 6.14. The summed E-state index contributed by atoms with van der Waals surface area (Å²) in [7, 11) is 0. The number of fused-ring (bicyclic) bond motifs is 1.